The lowest BCUT2D eigenvalue weighted by Crippen LogP contribution is -2.78. The average molecular weight is 699 g/mol. The van der Waals surface area contributed by atoms with Crippen LogP contribution >= 0.6 is 0 Å². The summed E-state index contributed by atoms with van der Waals surface area (Å²) >= 11 is 0. The number of benzene rings is 9. The Hall–Kier alpha value is -6.62. The molecule has 2 nitrogen and oxygen atoms in total. The minimum Gasteiger partial charge on any atom is -0.375 e. The number of aromatic nitrogens is 1. The molecule has 0 N–H and O–H groups in total. The van der Waals surface area contributed by atoms with Crippen LogP contribution in [0.5, 0.6) is 0 Å². The van der Waals surface area contributed by atoms with Crippen LogP contribution in [0.25, 0.3) is 54.5 Å². The van der Waals surface area contributed by atoms with Crippen LogP contribution in [0.2, 0.25) is 0 Å². The molecule has 4 heteroatoms. The summed E-state index contributed by atoms with van der Waals surface area (Å²) in [7, 11) is -2.80. The number of hydrogen-bond donors (Lipinski definition) is 0. The third-order valence-corrected chi connectivity index (χ3v) is 17.6. The van der Waals surface area contributed by atoms with Crippen molar-refractivity contribution in [1.29, 1.82) is 0 Å². The molecule has 0 unspecified atom stereocenters. The smallest absolute Gasteiger partial charge is 0.333 e. The SMILES string of the molecule is c1ccc([Si]2(c3ccccc3)c3ccccc3N3c4cc5ccccc5c5c4B(c4cccc2c43)n2c3cc4ccccc4cc3c3cccc-5c32)cc1. The van der Waals surface area contributed by atoms with Gasteiger partial charge in [0.1, 0.15) is 0 Å². The normalized spacial score (nSPS) is 14.4. The predicted molar refractivity (Wildman–Crippen MR) is 232 cm³/mol. The Morgan fingerprint density at radius 2 is 1.07 bits per heavy atom. The molecule has 0 amide bonds. The van der Waals surface area contributed by atoms with E-state index >= 15 is 0 Å². The summed E-state index contributed by atoms with van der Waals surface area (Å²) in [6.07, 6.45) is 0. The minimum atomic E-state index is -2.80. The number of nitrogens with zero attached hydrogens (tertiary/aromatic N) is 2. The molecule has 54 heavy (non-hydrogen) atoms. The molecule has 0 fully saturated rings. The van der Waals surface area contributed by atoms with E-state index in [1.54, 1.807) is 0 Å². The van der Waals surface area contributed by atoms with Gasteiger partial charge in [0, 0.05) is 44.4 Å². The second kappa shape index (κ2) is 10.3. The average Bonchev–Trinajstić information content (AvgIpc) is 3.56. The molecule has 0 radical (unpaired) electrons. The Morgan fingerprint density at radius 1 is 0.444 bits per heavy atom. The fourth-order valence-corrected chi connectivity index (χ4v) is 15.9. The minimum absolute atomic E-state index is 0.00891. The molecule has 0 saturated carbocycles. The first kappa shape index (κ1) is 28.9. The van der Waals surface area contributed by atoms with Crippen molar-refractivity contribution in [3.63, 3.8) is 0 Å². The summed E-state index contributed by atoms with van der Waals surface area (Å²) < 4.78 is 2.72. The Balaban J connectivity index is 1.26. The second-order valence-electron chi connectivity index (χ2n) is 15.2. The third kappa shape index (κ3) is 3.39. The molecule has 9 aromatic carbocycles. The molecule has 0 atom stereocenters. The highest BCUT2D eigenvalue weighted by atomic mass is 28.3. The lowest BCUT2D eigenvalue weighted by atomic mass is 9.44. The van der Waals surface area contributed by atoms with Gasteiger partial charge in [-0.3, -0.25) is 0 Å². The van der Waals surface area contributed by atoms with Crippen molar-refractivity contribution in [3.05, 3.63) is 188 Å². The fraction of sp³-hybridized carbons (Fsp3) is 0. The van der Waals surface area contributed by atoms with Crippen LogP contribution in [0, 0.1) is 0 Å². The van der Waals surface area contributed by atoms with Crippen molar-refractivity contribution < 1.29 is 0 Å². The summed E-state index contributed by atoms with van der Waals surface area (Å²) in [6.45, 7) is -0.00891. The van der Waals surface area contributed by atoms with E-state index in [2.05, 4.69) is 197 Å². The molecule has 0 saturated heterocycles. The zero-order valence-corrected chi connectivity index (χ0v) is 30.4. The summed E-state index contributed by atoms with van der Waals surface area (Å²) in [6, 6.07) is 71.6. The van der Waals surface area contributed by atoms with Crippen LogP contribution in [-0.4, -0.2) is 19.4 Å². The van der Waals surface area contributed by atoms with Crippen molar-refractivity contribution in [3.8, 4) is 11.1 Å². The van der Waals surface area contributed by atoms with Crippen LogP contribution in [0.4, 0.5) is 17.1 Å². The number of anilines is 3. The van der Waals surface area contributed by atoms with Crippen molar-refractivity contribution >= 4 is 107 Å². The third-order valence-electron chi connectivity index (χ3n) is 12.8. The zero-order chi connectivity index (χ0) is 35.1. The van der Waals surface area contributed by atoms with Gasteiger partial charge in [0.05, 0.1) is 0 Å². The molecular weight excluding hydrogens is 667 g/mol. The van der Waals surface area contributed by atoms with Gasteiger partial charge in [0.15, 0.2) is 8.07 Å². The number of para-hydroxylation sites is 3. The van der Waals surface area contributed by atoms with Crippen LogP contribution in [0.15, 0.2) is 188 Å². The highest BCUT2D eigenvalue weighted by Gasteiger charge is 2.53. The topological polar surface area (TPSA) is 8.17 Å². The van der Waals surface area contributed by atoms with Crippen molar-refractivity contribution in [2.24, 2.45) is 0 Å². The van der Waals surface area contributed by atoms with Crippen LogP contribution in [0.3, 0.4) is 0 Å². The number of hydrogen-bond acceptors (Lipinski definition) is 1. The summed E-state index contributed by atoms with van der Waals surface area (Å²) in [5.41, 5.74) is 12.0. The quantitative estimate of drug-likeness (QED) is 0.165. The van der Waals surface area contributed by atoms with Gasteiger partial charge in [-0.05, 0) is 83.0 Å². The van der Waals surface area contributed by atoms with E-state index in [1.807, 2.05) is 0 Å². The first-order valence-corrected chi connectivity index (χ1v) is 21.0. The van der Waals surface area contributed by atoms with Crippen molar-refractivity contribution in [2.45, 2.75) is 0 Å². The summed E-state index contributed by atoms with van der Waals surface area (Å²) in [4.78, 5) is 2.66. The highest BCUT2D eigenvalue weighted by molar-refractivity contribution is 7.21. The standard InChI is InChI=1S/C50H31BN2Si/c1-3-18-35(19-4-1)54(36-20-5-2-6-21-36)45-27-12-11-26-42(45)52-44-31-34-17-9-10-22-37(34)47-39-24-13-23-38-40-29-32-15-7-8-16-33(32)30-43(40)53(49(38)39)51(48(44)47)41-25-14-28-46(54)50(41)52/h1-31H. The molecule has 3 aliphatic rings. The maximum atomic E-state index is 2.72. The summed E-state index contributed by atoms with van der Waals surface area (Å²) in [5, 5.41) is 13.5. The van der Waals surface area contributed by atoms with E-state index < -0.39 is 8.07 Å². The molecule has 0 aliphatic carbocycles. The number of rotatable bonds is 2. The van der Waals surface area contributed by atoms with E-state index in [0.29, 0.717) is 0 Å². The molecule has 0 spiro atoms. The fourth-order valence-electron chi connectivity index (χ4n) is 10.8. The largest absolute Gasteiger partial charge is 0.375 e. The number of fused-ring (bicyclic) bond motifs is 12. The molecule has 1 aromatic heterocycles. The molecular formula is C50H31BN2Si. The van der Waals surface area contributed by atoms with Gasteiger partial charge in [-0.15, -0.1) is 0 Å². The maximum Gasteiger partial charge on any atom is 0.333 e. The van der Waals surface area contributed by atoms with Crippen LogP contribution < -0.4 is 36.6 Å². The zero-order valence-electron chi connectivity index (χ0n) is 29.4. The molecule has 10 aromatic rings. The van der Waals surface area contributed by atoms with Crippen LogP contribution in [-0.2, 0) is 0 Å². The Kier molecular flexibility index (Phi) is 5.50. The molecule has 248 valence electrons. The lowest BCUT2D eigenvalue weighted by Gasteiger charge is -2.49. The second-order valence-corrected chi connectivity index (χ2v) is 18.9. The van der Waals surface area contributed by atoms with E-state index in [4.69, 9.17) is 0 Å². The maximum absolute atomic E-state index is 2.80. The van der Waals surface area contributed by atoms with E-state index in [-0.39, 0.29) is 6.85 Å². The van der Waals surface area contributed by atoms with Gasteiger partial charge in [0.2, 0.25) is 0 Å². The van der Waals surface area contributed by atoms with Crippen molar-refractivity contribution in [1.82, 2.24) is 4.48 Å². The highest BCUT2D eigenvalue weighted by Crippen LogP contribution is 2.48. The Bertz CT molecular complexity index is 3200. The first-order chi connectivity index (χ1) is 26.8. The molecule has 4 heterocycles. The van der Waals surface area contributed by atoms with Gasteiger partial charge in [-0.2, -0.15) is 0 Å². The van der Waals surface area contributed by atoms with E-state index in [0.717, 1.165) is 0 Å². The predicted octanol–water partition coefficient (Wildman–Crippen LogP) is 8.21. The monoisotopic (exact) mass is 698 g/mol. The molecule has 0 bridgehead atoms. The van der Waals surface area contributed by atoms with E-state index in [9.17, 15) is 0 Å². The van der Waals surface area contributed by atoms with Gasteiger partial charge in [0.25, 0.3) is 0 Å². The first-order valence-electron chi connectivity index (χ1n) is 19.0. The van der Waals surface area contributed by atoms with Gasteiger partial charge >= 0.3 is 6.85 Å². The molecule has 3 aliphatic heterocycles. The van der Waals surface area contributed by atoms with E-state index in [1.165, 1.54) is 103 Å². The lowest BCUT2D eigenvalue weighted by molar-refractivity contribution is 1.26. The van der Waals surface area contributed by atoms with Crippen LogP contribution in [0.1, 0.15) is 0 Å². The van der Waals surface area contributed by atoms with Gasteiger partial charge in [-0.1, -0.05) is 164 Å². The van der Waals surface area contributed by atoms with Gasteiger partial charge < -0.3 is 9.38 Å². The van der Waals surface area contributed by atoms with Crippen molar-refractivity contribution in [2.75, 3.05) is 4.90 Å². The molecule has 13 rings (SSSR count). The Labute approximate surface area is 314 Å². The summed E-state index contributed by atoms with van der Waals surface area (Å²) in [5.74, 6) is 0. The Morgan fingerprint density at radius 3 is 1.87 bits per heavy atom. The van der Waals surface area contributed by atoms with Gasteiger partial charge in [-0.25, -0.2) is 0 Å².